The van der Waals surface area contributed by atoms with Crippen molar-refractivity contribution in [3.63, 3.8) is 0 Å². The predicted molar refractivity (Wildman–Crippen MR) is 64.9 cm³/mol. The van der Waals surface area contributed by atoms with Crippen LogP contribution in [0.5, 0.6) is 0 Å². The Morgan fingerprint density at radius 3 is 2.53 bits per heavy atom. The van der Waals surface area contributed by atoms with Crippen molar-refractivity contribution in [2.75, 3.05) is 0 Å². The molecule has 3 nitrogen and oxygen atoms in total. The Morgan fingerprint density at radius 2 is 2.06 bits per heavy atom. The summed E-state index contributed by atoms with van der Waals surface area (Å²) in [6, 6.07) is 9.63. The molecule has 0 bridgehead atoms. The first kappa shape index (κ1) is 12.1. The van der Waals surface area contributed by atoms with E-state index >= 15 is 0 Å². The first-order chi connectivity index (χ1) is 8.10. The fraction of sp³-hybridized carbons (Fsp3) is 0.500. The molecule has 0 amide bonds. The number of carboxylic acids is 1. The summed E-state index contributed by atoms with van der Waals surface area (Å²) >= 11 is 0. The predicted octanol–water partition coefficient (Wildman–Crippen LogP) is 2.64. The normalized spacial score (nSPS) is 19.4. The van der Waals surface area contributed by atoms with Crippen LogP contribution in [0.2, 0.25) is 0 Å². The molecule has 2 rings (SSSR count). The van der Waals surface area contributed by atoms with Crippen LogP contribution in [0, 0.1) is 0 Å². The molecular weight excluding hydrogens is 216 g/mol. The zero-order valence-electron chi connectivity index (χ0n) is 10.1. The largest absolute Gasteiger partial charge is 0.479 e. The van der Waals surface area contributed by atoms with Crippen LogP contribution in [0.3, 0.4) is 0 Å². The number of ether oxygens (including phenoxy) is 1. The molecule has 0 aliphatic heterocycles. The second-order valence-corrected chi connectivity index (χ2v) is 4.87. The van der Waals surface area contributed by atoms with E-state index in [-0.39, 0.29) is 6.10 Å². The fourth-order valence-electron chi connectivity index (χ4n) is 2.01. The lowest BCUT2D eigenvalue weighted by Crippen LogP contribution is -2.45. The van der Waals surface area contributed by atoms with Gasteiger partial charge in [0.2, 0.25) is 0 Å². The van der Waals surface area contributed by atoms with Crippen molar-refractivity contribution in [1.82, 2.24) is 0 Å². The molecule has 1 fully saturated rings. The Kier molecular flexibility index (Phi) is 3.48. The van der Waals surface area contributed by atoms with E-state index in [4.69, 9.17) is 4.74 Å². The lowest BCUT2D eigenvalue weighted by molar-refractivity contribution is -0.176. The van der Waals surface area contributed by atoms with E-state index in [2.05, 4.69) is 0 Å². The summed E-state index contributed by atoms with van der Waals surface area (Å²) in [6.45, 7) is 1.67. The van der Waals surface area contributed by atoms with Crippen molar-refractivity contribution in [2.45, 2.75) is 44.3 Å². The molecule has 1 aromatic carbocycles. The molecule has 0 heterocycles. The van der Waals surface area contributed by atoms with Crippen LogP contribution in [-0.2, 0) is 16.0 Å². The lowest BCUT2D eigenvalue weighted by atomic mass is 9.92. The summed E-state index contributed by atoms with van der Waals surface area (Å²) in [5.41, 5.74) is -0.108. The number of benzene rings is 1. The van der Waals surface area contributed by atoms with Crippen molar-refractivity contribution in [1.29, 1.82) is 0 Å². The summed E-state index contributed by atoms with van der Waals surface area (Å²) in [5.74, 6) is -0.881. The molecule has 1 aromatic rings. The maximum atomic E-state index is 11.4. The van der Waals surface area contributed by atoms with Gasteiger partial charge in [0.1, 0.15) is 0 Å². The van der Waals surface area contributed by atoms with Gasteiger partial charge in [-0.15, -0.1) is 0 Å². The van der Waals surface area contributed by atoms with E-state index in [9.17, 15) is 9.90 Å². The first-order valence-corrected chi connectivity index (χ1v) is 6.05. The zero-order valence-corrected chi connectivity index (χ0v) is 10.1. The van der Waals surface area contributed by atoms with E-state index in [1.165, 1.54) is 0 Å². The van der Waals surface area contributed by atoms with Crippen molar-refractivity contribution in [2.24, 2.45) is 0 Å². The highest BCUT2D eigenvalue weighted by atomic mass is 16.5. The topological polar surface area (TPSA) is 46.5 Å². The molecule has 1 aliphatic carbocycles. The van der Waals surface area contributed by atoms with Crippen LogP contribution in [-0.4, -0.2) is 22.8 Å². The number of carbonyl (C=O) groups is 1. The van der Waals surface area contributed by atoms with Crippen LogP contribution in [0.25, 0.3) is 0 Å². The Hall–Kier alpha value is -1.35. The zero-order chi connectivity index (χ0) is 12.3. The highest BCUT2D eigenvalue weighted by Crippen LogP contribution is 2.29. The summed E-state index contributed by atoms with van der Waals surface area (Å²) in [6.07, 6.45) is 3.65. The van der Waals surface area contributed by atoms with Gasteiger partial charge >= 0.3 is 5.97 Å². The maximum Gasteiger partial charge on any atom is 0.336 e. The van der Waals surface area contributed by atoms with Gasteiger partial charge in [-0.25, -0.2) is 4.79 Å². The monoisotopic (exact) mass is 234 g/mol. The van der Waals surface area contributed by atoms with Crippen molar-refractivity contribution >= 4 is 5.97 Å². The highest BCUT2D eigenvalue weighted by molar-refractivity contribution is 5.77. The molecule has 1 N–H and O–H groups in total. The Labute approximate surface area is 101 Å². The fourth-order valence-corrected chi connectivity index (χ4v) is 2.01. The van der Waals surface area contributed by atoms with Gasteiger partial charge in [-0.3, -0.25) is 0 Å². The number of rotatable bonds is 5. The Morgan fingerprint density at radius 1 is 1.41 bits per heavy atom. The summed E-state index contributed by atoms with van der Waals surface area (Å²) < 4.78 is 5.74. The summed E-state index contributed by atoms with van der Waals surface area (Å²) in [5, 5.41) is 9.34. The molecule has 1 saturated carbocycles. The van der Waals surface area contributed by atoms with Crippen molar-refractivity contribution in [3.8, 4) is 0 Å². The van der Waals surface area contributed by atoms with Crippen molar-refractivity contribution in [3.05, 3.63) is 35.9 Å². The number of aliphatic carboxylic acids is 1. The first-order valence-electron chi connectivity index (χ1n) is 6.05. The third kappa shape index (κ3) is 2.86. The smallest absolute Gasteiger partial charge is 0.336 e. The molecule has 1 atom stereocenters. The number of carboxylic acid groups (broad SMARTS) is 1. The van der Waals surface area contributed by atoms with Crippen LogP contribution < -0.4 is 0 Å². The van der Waals surface area contributed by atoms with Gasteiger partial charge in [-0.05, 0) is 31.7 Å². The van der Waals surface area contributed by atoms with Gasteiger partial charge in [0.25, 0.3) is 0 Å². The van der Waals surface area contributed by atoms with Crippen molar-refractivity contribution < 1.29 is 14.6 Å². The van der Waals surface area contributed by atoms with Gasteiger partial charge in [-0.2, -0.15) is 0 Å². The molecule has 0 spiro atoms. The van der Waals surface area contributed by atoms with E-state index in [1.807, 2.05) is 30.3 Å². The standard InChI is InChI=1S/C14H18O3/c1-14(13(15)16,17-12-8-5-9-12)10-11-6-3-2-4-7-11/h2-4,6-7,12H,5,8-10H2,1H3,(H,15,16). The van der Waals surface area contributed by atoms with Gasteiger partial charge in [-0.1, -0.05) is 30.3 Å². The average molecular weight is 234 g/mol. The molecular formula is C14H18O3. The molecule has 0 saturated heterocycles. The maximum absolute atomic E-state index is 11.4. The average Bonchev–Trinajstić information content (AvgIpc) is 2.25. The van der Waals surface area contributed by atoms with Gasteiger partial charge in [0, 0.05) is 6.42 Å². The van der Waals surface area contributed by atoms with E-state index in [1.54, 1.807) is 6.92 Å². The second kappa shape index (κ2) is 4.88. The Bertz CT molecular complexity index is 384. The third-order valence-electron chi connectivity index (χ3n) is 3.32. The second-order valence-electron chi connectivity index (χ2n) is 4.87. The molecule has 1 unspecified atom stereocenters. The van der Waals surface area contributed by atoms with Crippen LogP contribution in [0.15, 0.2) is 30.3 Å². The van der Waals surface area contributed by atoms with E-state index < -0.39 is 11.6 Å². The van der Waals surface area contributed by atoms with Crippen LogP contribution >= 0.6 is 0 Å². The molecule has 3 heteroatoms. The van der Waals surface area contributed by atoms with Gasteiger partial charge < -0.3 is 9.84 Å². The number of hydrogen-bond donors (Lipinski definition) is 1. The lowest BCUT2D eigenvalue weighted by Gasteiger charge is -2.35. The number of hydrogen-bond acceptors (Lipinski definition) is 2. The van der Waals surface area contributed by atoms with Crippen LogP contribution in [0.4, 0.5) is 0 Å². The minimum Gasteiger partial charge on any atom is -0.479 e. The van der Waals surface area contributed by atoms with Crippen LogP contribution in [0.1, 0.15) is 31.7 Å². The molecule has 0 radical (unpaired) electrons. The molecule has 1 aliphatic rings. The molecule has 17 heavy (non-hydrogen) atoms. The summed E-state index contributed by atoms with van der Waals surface area (Å²) in [7, 11) is 0. The van der Waals surface area contributed by atoms with E-state index in [0.717, 1.165) is 24.8 Å². The Balaban J connectivity index is 2.07. The highest BCUT2D eigenvalue weighted by Gasteiger charge is 2.38. The summed E-state index contributed by atoms with van der Waals surface area (Å²) in [4.78, 5) is 11.4. The van der Waals surface area contributed by atoms with Gasteiger partial charge in [0.15, 0.2) is 5.60 Å². The molecule has 0 aromatic heterocycles. The SMILES string of the molecule is CC(Cc1ccccc1)(OC1CCC1)C(=O)O. The van der Waals surface area contributed by atoms with E-state index in [0.29, 0.717) is 6.42 Å². The third-order valence-corrected chi connectivity index (χ3v) is 3.32. The molecule has 92 valence electrons. The quantitative estimate of drug-likeness (QED) is 0.852. The minimum absolute atomic E-state index is 0.125. The minimum atomic E-state index is -1.10. The van der Waals surface area contributed by atoms with Gasteiger partial charge in [0.05, 0.1) is 6.10 Å².